The minimum atomic E-state index is -0.270. The number of nitrogens with zero attached hydrogens (tertiary/aromatic N) is 1. The van der Waals surface area contributed by atoms with E-state index in [0.717, 1.165) is 20.3 Å². The van der Waals surface area contributed by atoms with Gasteiger partial charge in [-0.3, -0.25) is 4.79 Å². The number of anilines is 1. The minimum Gasteiger partial charge on any atom is -0.442 e. The quantitative estimate of drug-likeness (QED) is 0.705. The molecule has 0 saturated carbocycles. The molecule has 3 rings (SSSR count). The van der Waals surface area contributed by atoms with E-state index in [0.29, 0.717) is 11.5 Å². The summed E-state index contributed by atoms with van der Waals surface area (Å²) >= 11 is 3.20. The molecule has 1 aromatic carbocycles. The number of hydrogen-bond donors (Lipinski definition) is 1. The van der Waals surface area contributed by atoms with Crippen molar-refractivity contribution >= 4 is 34.7 Å². The van der Waals surface area contributed by atoms with Crippen LogP contribution in [0.15, 0.2) is 52.1 Å². The second-order valence-corrected chi connectivity index (χ2v) is 6.79. The smallest absolute Gasteiger partial charge is 0.278 e. The summed E-state index contributed by atoms with van der Waals surface area (Å²) in [4.78, 5) is 19.7. The number of carbonyl (C=O) groups excluding carboxylic acids is 1. The first-order valence-electron chi connectivity index (χ1n) is 6.63. The summed E-state index contributed by atoms with van der Waals surface area (Å²) < 4.78 is 5.40. The molecule has 0 aliphatic rings. The molecular formula is C16H14N2O2S2. The summed E-state index contributed by atoms with van der Waals surface area (Å²) in [6.07, 6.45) is 3.30. The van der Waals surface area contributed by atoms with Gasteiger partial charge in [-0.2, -0.15) is 0 Å². The molecule has 2 heterocycles. The van der Waals surface area contributed by atoms with E-state index in [2.05, 4.69) is 10.3 Å². The van der Waals surface area contributed by atoms with Gasteiger partial charge < -0.3 is 9.73 Å². The molecule has 22 heavy (non-hydrogen) atoms. The van der Waals surface area contributed by atoms with Gasteiger partial charge in [-0.25, -0.2) is 4.98 Å². The normalized spacial score (nSPS) is 10.6. The van der Waals surface area contributed by atoms with Crippen molar-refractivity contribution in [3.63, 3.8) is 0 Å². The fourth-order valence-electron chi connectivity index (χ4n) is 2.03. The predicted molar refractivity (Wildman–Crippen MR) is 90.7 cm³/mol. The summed E-state index contributed by atoms with van der Waals surface area (Å²) in [5.41, 5.74) is 1.05. The van der Waals surface area contributed by atoms with Crippen LogP contribution in [-0.4, -0.2) is 17.1 Å². The number of amides is 1. The molecule has 4 nitrogen and oxygen atoms in total. The number of hydrogen-bond acceptors (Lipinski definition) is 5. The van der Waals surface area contributed by atoms with Crippen LogP contribution in [-0.2, 0) is 0 Å². The van der Waals surface area contributed by atoms with Crippen LogP contribution in [0.3, 0.4) is 0 Å². The summed E-state index contributed by atoms with van der Waals surface area (Å²) in [6.45, 7) is 2.01. The summed E-state index contributed by atoms with van der Waals surface area (Å²) in [7, 11) is 0. The number of oxazole rings is 1. The van der Waals surface area contributed by atoms with Crippen LogP contribution in [0.4, 0.5) is 5.69 Å². The SMILES string of the molecule is CSc1cccc(NC(=O)c2ncoc2-c2ccc(C)s2)c1. The van der Waals surface area contributed by atoms with E-state index in [1.54, 1.807) is 23.1 Å². The molecule has 0 unspecified atom stereocenters. The van der Waals surface area contributed by atoms with Crippen LogP contribution < -0.4 is 5.32 Å². The maximum Gasteiger partial charge on any atom is 0.278 e. The maximum absolute atomic E-state index is 12.4. The second-order valence-electron chi connectivity index (χ2n) is 4.63. The van der Waals surface area contributed by atoms with Gasteiger partial charge in [-0.05, 0) is 43.5 Å². The molecular weight excluding hydrogens is 316 g/mol. The van der Waals surface area contributed by atoms with E-state index >= 15 is 0 Å². The molecule has 3 aromatic rings. The Balaban J connectivity index is 1.85. The Bertz CT molecular complexity index is 808. The number of aromatic nitrogens is 1. The van der Waals surface area contributed by atoms with Gasteiger partial charge in [0.05, 0.1) is 4.88 Å². The highest BCUT2D eigenvalue weighted by Gasteiger charge is 2.19. The van der Waals surface area contributed by atoms with Gasteiger partial charge >= 0.3 is 0 Å². The molecule has 1 N–H and O–H groups in total. The number of carbonyl (C=O) groups is 1. The van der Waals surface area contributed by atoms with Crippen LogP contribution in [0.1, 0.15) is 15.4 Å². The first kappa shape index (κ1) is 14.9. The largest absolute Gasteiger partial charge is 0.442 e. The maximum atomic E-state index is 12.4. The van der Waals surface area contributed by atoms with Gasteiger partial charge in [0.15, 0.2) is 17.8 Å². The molecule has 0 spiro atoms. The van der Waals surface area contributed by atoms with Crippen LogP contribution in [0, 0.1) is 6.92 Å². The van der Waals surface area contributed by atoms with Gasteiger partial charge in [0.2, 0.25) is 0 Å². The van der Waals surface area contributed by atoms with E-state index in [1.165, 1.54) is 6.39 Å². The lowest BCUT2D eigenvalue weighted by atomic mass is 10.2. The standard InChI is InChI=1S/C16H14N2O2S2/c1-10-6-7-13(22-10)15-14(17-9-20-15)16(19)18-11-4-3-5-12(8-11)21-2/h3-9H,1-2H3,(H,18,19). The molecule has 0 fully saturated rings. The number of thiophene rings is 1. The molecule has 0 aliphatic carbocycles. The predicted octanol–water partition coefficient (Wildman–Crippen LogP) is 4.69. The number of thioether (sulfide) groups is 1. The Labute approximate surface area is 136 Å². The molecule has 0 radical (unpaired) electrons. The number of benzene rings is 1. The topological polar surface area (TPSA) is 55.1 Å². The average Bonchev–Trinajstić information content (AvgIpc) is 3.15. The first-order valence-corrected chi connectivity index (χ1v) is 8.67. The number of nitrogens with one attached hydrogen (secondary N) is 1. The third-order valence-electron chi connectivity index (χ3n) is 3.07. The molecule has 1 amide bonds. The zero-order valence-corrected chi connectivity index (χ0v) is 13.8. The highest BCUT2D eigenvalue weighted by Crippen LogP contribution is 2.30. The number of aryl methyl sites for hydroxylation is 1. The van der Waals surface area contributed by atoms with Crippen molar-refractivity contribution in [1.29, 1.82) is 0 Å². The fraction of sp³-hybridized carbons (Fsp3) is 0.125. The monoisotopic (exact) mass is 330 g/mol. The van der Waals surface area contributed by atoms with E-state index in [9.17, 15) is 4.79 Å². The molecule has 0 saturated heterocycles. The van der Waals surface area contributed by atoms with E-state index in [1.807, 2.05) is 49.6 Å². The Hall–Kier alpha value is -2.05. The lowest BCUT2D eigenvalue weighted by molar-refractivity contribution is 0.102. The van der Waals surface area contributed by atoms with E-state index < -0.39 is 0 Å². The van der Waals surface area contributed by atoms with Crippen molar-refractivity contribution in [2.75, 3.05) is 11.6 Å². The van der Waals surface area contributed by atoms with Crippen molar-refractivity contribution in [3.05, 3.63) is 53.4 Å². The summed E-state index contributed by atoms with van der Waals surface area (Å²) in [5, 5.41) is 2.87. The molecule has 112 valence electrons. The molecule has 6 heteroatoms. The van der Waals surface area contributed by atoms with Crippen LogP contribution in [0.25, 0.3) is 10.6 Å². The van der Waals surface area contributed by atoms with Gasteiger partial charge in [-0.15, -0.1) is 23.1 Å². The Morgan fingerprint density at radius 3 is 2.91 bits per heavy atom. The highest BCUT2D eigenvalue weighted by molar-refractivity contribution is 7.98. The van der Waals surface area contributed by atoms with Crippen molar-refractivity contribution < 1.29 is 9.21 Å². The van der Waals surface area contributed by atoms with Gasteiger partial charge in [0.25, 0.3) is 5.91 Å². The first-order chi connectivity index (χ1) is 10.7. The van der Waals surface area contributed by atoms with Crippen LogP contribution in [0.5, 0.6) is 0 Å². The summed E-state index contributed by atoms with van der Waals surface area (Å²) in [5.74, 6) is 0.240. The van der Waals surface area contributed by atoms with Gasteiger partial charge in [0, 0.05) is 15.5 Å². The zero-order chi connectivity index (χ0) is 15.5. The third-order valence-corrected chi connectivity index (χ3v) is 4.80. The van der Waals surface area contributed by atoms with E-state index in [4.69, 9.17) is 4.42 Å². The van der Waals surface area contributed by atoms with Crippen molar-refractivity contribution in [3.8, 4) is 10.6 Å². The van der Waals surface area contributed by atoms with Crippen LogP contribution in [0.2, 0.25) is 0 Å². The Morgan fingerprint density at radius 1 is 1.32 bits per heavy atom. The zero-order valence-electron chi connectivity index (χ0n) is 12.1. The minimum absolute atomic E-state index is 0.270. The molecule has 2 aromatic heterocycles. The lowest BCUT2D eigenvalue weighted by Gasteiger charge is -2.05. The Morgan fingerprint density at radius 2 is 2.18 bits per heavy atom. The fourth-order valence-corrected chi connectivity index (χ4v) is 3.35. The molecule has 0 bridgehead atoms. The van der Waals surface area contributed by atoms with E-state index in [-0.39, 0.29) is 5.91 Å². The molecule has 0 aliphatic heterocycles. The second kappa shape index (κ2) is 6.37. The summed E-state index contributed by atoms with van der Waals surface area (Å²) in [6, 6.07) is 11.6. The van der Waals surface area contributed by atoms with Crippen molar-refractivity contribution in [1.82, 2.24) is 4.98 Å². The van der Waals surface area contributed by atoms with Crippen LogP contribution >= 0.6 is 23.1 Å². The lowest BCUT2D eigenvalue weighted by Crippen LogP contribution is -2.13. The van der Waals surface area contributed by atoms with Gasteiger partial charge in [-0.1, -0.05) is 6.07 Å². The average molecular weight is 330 g/mol. The third kappa shape index (κ3) is 3.08. The Kier molecular flexibility index (Phi) is 4.31. The van der Waals surface area contributed by atoms with Crippen molar-refractivity contribution in [2.45, 2.75) is 11.8 Å². The highest BCUT2D eigenvalue weighted by atomic mass is 32.2. The van der Waals surface area contributed by atoms with Crippen molar-refractivity contribution in [2.24, 2.45) is 0 Å². The van der Waals surface area contributed by atoms with Gasteiger partial charge in [0.1, 0.15) is 0 Å². The number of rotatable bonds is 4. The molecule has 0 atom stereocenters.